The molecule has 6 heteroatoms. The molecule has 0 bridgehead atoms. The summed E-state index contributed by atoms with van der Waals surface area (Å²) in [4.78, 5) is 6.51. The lowest BCUT2D eigenvalue weighted by Crippen LogP contribution is -2.34. The third-order valence-corrected chi connectivity index (χ3v) is 5.06. The summed E-state index contributed by atoms with van der Waals surface area (Å²) in [6.45, 7) is 7.08. The van der Waals surface area contributed by atoms with Crippen LogP contribution in [-0.2, 0) is 10.0 Å². The second kappa shape index (κ2) is 6.98. The van der Waals surface area contributed by atoms with Crippen molar-refractivity contribution in [1.82, 2.24) is 14.6 Å². The first kappa shape index (κ1) is 15.9. The molecule has 0 unspecified atom stereocenters. The molecule has 0 aliphatic heterocycles. The molecular weight excluding hydrogens is 286 g/mol. The van der Waals surface area contributed by atoms with Gasteiger partial charge in [0.1, 0.15) is 0 Å². The molecule has 114 valence electrons. The molecule has 2 aromatic rings. The maximum absolute atomic E-state index is 12.5. The summed E-state index contributed by atoms with van der Waals surface area (Å²) in [7, 11) is -3.50. The van der Waals surface area contributed by atoms with Gasteiger partial charge in [0.05, 0.1) is 4.90 Å². The number of rotatable bonds is 7. The largest absolute Gasteiger partial charge is 0.303 e. The molecule has 1 aromatic heterocycles. The summed E-state index contributed by atoms with van der Waals surface area (Å²) < 4.78 is 27.6. The van der Waals surface area contributed by atoms with E-state index in [4.69, 9.17) is 0 Å². The molecule has 5 nitrogen and oxygen atoms in total. The van der Waals surface area contributed by atoms with E-state index in [0.717, 1.165) is 18.5 Å². The van der Waals surface area contributed by atoms with Crippen molar-refractivity contribution in [2.24, 2.45) is 0 Å². The Labute approximate surface area is 126 Å². The van der Waals surface area contributed by atoms with Crippen molar-refractivity contribution in [3.8, 4) is 0 Å². The normalized spacial score (nSPS) is 12.1. The number of hydrogen-bond donors (Lipinski definition) is 1. The Kier molecular flexibility index (Phi) is 5.27. The quantitative estimate of drug-likeness (QED) is 0.848. The van der Waals surface area contributed by atoms with E-state index >= 15 is 0 Å². The molecule has 0 aliphatic carbocycles. The summed E-state index contributed by atoms with van der Waals surface area (Å²) in [5.41, 5.74) is 0. The minimum Gasteiger partial charge on any atom is -0.303 e. The summed E-state index contributed by atoms with van der Waals surface area (Å²) in [6.07, 6.45) is 3.28. The number of fused-ring (bicyclic) bond motifs is 1. The number of nitrogens with one attached hydrogen (secondary N) is 1. The van der Waals surface area contributed by atoms with E-state index < -0.39 is 10.0 Å². The van der Waals surface area contributed by atoms with Crippen LogP contribution >= 0.6 is 0 Å². The van der Waals surface area contributed by atoms with Crippen LogP contribution < -0.4 is 4.72 Å². The van der Waals surface area contributed by atoms with Crippen LogP contribution in [0.4, 0.5) is 0 Å². The predicted octanol–water partition coefficient (Wildman–Crippen LogP) is 1.85. The molecule has 1 aromatic carbocycles. The second-order valence-corrected chi connectivity index (χ2v) is 6.51. The van der Waals surface area contributed by atoms with Crippen LogP contribution in [0.15, 0.2) is 41.6 Å². The van der Waals surface area contributed by atoms with E-state index in [-0.39, 0.29) is 0 Å². The van der Waals surface area contributed by atoms with Gasteiger partial charge in [-0.3, -0.25) is 4.98 Å². The van der Waals surface area contributed by atoms with Gasteiger partial charge in [-0.05, 0) is 25.2 Å². The average Bonchev–Trinajstić information content (AvgIpc) is 2.51. The van der Waals surface area contributed by atoms with E-state index in [9.17, 15) is 8.42 Å². The Bertz CT molecular complexity index is 692. The third kappa shape index (κ3) is 3.78. The lowest BCUT2D eigenvalue weighted by atomic mass is 10.2. The maximum Gasteiger partial charge on any atom is 0.241 e. The highest BCUT2D eigenvalue weighted by atomic mass is 32.2. The number of nitrogens with zero attached hydrogens (tertiary/aromatic N) is 2. The van der Waals surface area contributed by atoms with Gasteiger partial charge in [0.15, 0.2) is 0 Å². The number of benzene rings is 1. The van der Waals surface area contributed by atoms with Crippen molar-refractivity contribution in [2.75, 3.05) is 26.2 Å². The molecule has 0 fully saturated rings. The minimum absolute atomic E-state index is 0.307. The first-order valence-electron chi connectivity index (χ1n) is 7.13. The molecular formula is C15H21N3O2S. The lowest BCUT2D eigenvalue weighted by Gasteiger charge is -2.18. The molecule has 1 N–H and O–H groups in total. The van der Waals surface area contributed by atoms with Gasteiger partial charge >= 0.3 is 0 Å². The molecule has 0 radical (unpaired) electrons. The second-order valence-electron chi connectivity index (χ2n) is 4.78. The Morgan fingerprint density at radius 2 is 1.95 bits per heavy atom. The van der Waals surface area contributed by atoms with Crippen molar-refractivity contribution >= 4 is 20.8 Å². The summed E-state index contributed by atoms with van der Waals surface area (Å²) in [5, 5.41) is 1.52. The molecule has 1 heterocycles. The Morgan fingerprint density at radius 3 is 2.67 bits per heavy atom. The fourth-order valence-electron chi connectivity index (χ4n) is 2.28. The Morgan fingerprint density at radius 1 is 1.19 bits per heavy atom. The zero-order valence-corrected chi connectivity index (χ0v) is 13.2. The topological polar surface area (TPSA) is 62.3 Å². The van der Waals surface area contributed by atoms with E-state index in [1.807, 2.05) is 6.07 Å². The van der Waals surface area contributed by atoms with Gasteiger partial charge in [-0.25, -0.2) is 13.1 Å². The highest BCUT2D eigenvalue weighted by molar-refractivity contribution is 7.89. The first-order valence-corrected chi connectivity index (χ1v) is 8.61. The monoisotopic (exact) mass is 307 g/mol. The molecule has 2 rings (SSSR count). The van der Waals surface area contributed by atoms with E-state index in [0.29, 0.717) is 23.4 Å². The zero-order chi connectivity index (χ0) is 15.3. The van der Waals surface area contributed by atoms with Crippen molar-refractivity contribution in [3.05, 3.63) is 36.7 Å². The van der Waals surface area contributed by atoms with Crippen molar-refractivity contribution < 1.29 is 8.42 Å². The molecule has 0 saturated carbocycles. The highest BCUT2D eigenvalue weighted by Gasteiger charge is 2.16. The van der Waals surface area contributed by atoms with Crippen LogP contribution in [0.5, 0.6) is 0 Å². The van der Waals surface area contributed by atoms with E-state index in [1.54, 1.807) is 30.6 Å². The van der Waals surface area contributed by atoms with Gasteiger partial charge in [0, 0.05) is 36.3 Å². The van der Waals surface area contributed by atoms with Gasteiger partial charge in [-0.2, -0.15) is 0 Å². The van der Waals surface area contributed by atoms with Crippen LogP contribution in [0.3, 0.4) is 0 Å². The molecule has 0 amide bonds. The minimum atomic E-state index is -3.50. The van der Waals surface area contributed by atoms with E-state index in [2.05, 4.69) is 28.5 Å². The van der Waals surface area contributed by atoms with Crippen LogP contribution in [0.1, 0.15) is 13.8 Å². The van der Waals surface area contributed by atoms with Crippen molar-refractivity contribution in [2.45, 2.75) is 18.7 Å². The van der Waals surface area contributed by atoms with Gasteiger partial charge in [-0.1, -0.05) is 26.0 Å². The SMILES string of the molecule is CCN(CC)CCNS(=O)(=O)c1cccc2cnccc12. The first-order chi connectivity index (χ1) is 10.1. The molecule has 0 saturated heterocycles. The molecule has 0 atom stereocenters. The van der Waals surface area contributed by atoms with Gasteiger partial charge < -0.3 is 4.90 Å². The summed E-state index contributed by atoms with van der Waals surface area (Å²) in [6, 6.07) is 6.95. The van der Waals surface area contributed by atoms with Crippen LogP contribution in [-0.4, -0.2) is 44.5 Å². The van der Waals surface area contributed by atoms with Crippen molar-refractivity contribution in [1.29, 1.82) is 0 Å². The van der Waals surface area contributed by atoms with Crippen LogP contribution in [0.2, 0.25) is 0 Å². The van der Waals surface area contributed by atoms with Gasteiger partial charge in [-0.15, -0.1) is 0 Å². The summed E-state index contributed by atoms with van der Waals surface area (Å²) in [5.74, 6) is 0. The Balaban J connectivity index is 2.18. The summed E-state index contributed by atoms with van der Waals surface area (Å²) >= 11 is 0. The molecule has 21 heavy (non-hydrogen) atoms. The highest BCUT2D eigenvalue weighted by Crippen LogP contribution is 2.21. The fourth-order valence-corrected chi connectivity index (χ4v) is 3.53. The number of sulfonamides is 1. The van der Waals surface area contributed by atoms with Crippen LogP contribution in [0, 0.1) is 0 Å². The number of aromatic nitrogens is 1. The van der Waals surface area contributed by atoms with Crippen LogP contribution in [0.25, 0.3) is 10.8 Å². The van der Waals surface area contributed by atoms with Gasteiger partial charge in [0.2, 0.25) is 10.0 Å². The van der Waals surface area contributed by atoms with E-state index in [1.165, 1.54) is 0 Å². The lowest BCUT2D eigenvalue weighted by molar-refractivity contribution is 0.309. The average molecular weight is 307 g/mol. The number of hydrogen-bond acceptors (Lipinski definition) is 4. The molecule has 0 aliphatic rings. The standard InChI is InChI=1S/C15H21N3O2S/c1-3-18(4-2)11-10-17-21(19,20)15-7-5-6-13-12-16-9-8-14(13)15/h5-9,12,17H,3-4,10-11H2,1-2H3. The fraction of sp³-hybridized carbons (Fsp3) is 0.400. The predicted molar refractivity (Wildman–Crippen MR) is 84.7 cm³/mol. The van der Waals surface area contributed by atoms with Gasteiger partial charge in [0.25, 0.3) is 0 Å². The number of likely N-dealkylation sites (N-methyl/N-ethyl adjacent to an activating group) is 1. The Hall–Kier alpha value is -1.50. The molecule has 0 spiro atoms. The number of pyridine rings is 1. The zero-order valence-electron chi connectivity index (χ0n) is 12.4. The van der Waals surface area contributed by atoms with Crippen molar-refractivity contribution in [3.63, 3.8) is 0 Å². The smallest absolute Gasteiger partial charge is 0.241 e. The maximum atomic E-state index is 12.5. The third-order valence-electron chi connectivity index (χ3n) is 3.54.